The van der Waals surface area contributed by atoms with Gasteiger partial charge in [0.15, 0.2) is 0 Å². The zero-order valence-corrected chi connectivity index (χ0v) is 10.5. The molecule has 0 N–H and O–H groups in total. The fourth-order valence-corrected chi connectivity index (χ4v) is 3.39. The van der Waals surface area contributed by atoms with E-state index < -0.39 is 29.5 Å². The second kappa shape index (κ2) is 3.57. The Morgan fingerprint density at radius 3 is 3.06 bits per heavy atom. The Bertz CT molecular complexity index is 446. The molecule has 3 heterocycles. The molecule has 18 heavy (non-hydrogen) atoms. The predicted molar refractivity (Wildman–Crippen MR) is 60.2 cm³/mol. The van der Waals surface area contributed by atoms with Gasteiger partial charge in [-0.15, -0.1) is 0 Å². The maximum absolute atomic E-state index is 12.4. The van der Waals surface area contributed by atoms with Crippen LogP contribution in [0, 0.1) is 11.8 Å². The van der Waals surface area contributed by atoms with Gasteiger partial charge in [-0.2, -0.15) is 0 Å². The van der Waals surface area contributed by atoms with Gasteiger partial charge in [-0.3, -0.25) is 4.79 Å². The van der Waals surface area contributed by atoms with E-state index in [-0.39, 0.29) is 11.9 Å². The summed E-state index contributed by atoms with van der Waals surface area (Å²) in [5.41, 5.74) is -0.726. The number of carboxylic acids is 1. The van der Waals surface area contributed by atoms with Crippen molar-refractivity contribution in [2.75, 3.05) is 6.54 Å². The van der Waals surface area contributed by atoms with Gasteiger partial charge in [-0.1, -0.05) is 19.1 Å². The normalized spacial score (nSPS) is 42.4. The molecule has 5 nitrogen and oxygen atoms in total. The van der Waals surface area contributed by atoms with Crippen LogP contribution in [0.25, 0.3) is 0 Å². The summed E-state index contributed by atoms with van der Waals surface area (Å²) in [6.07, 6.45) is 3.97. The molecule has 3 aliphatic rings. The smallest absolute Gasteiger partial charge is 0.230 e. The number of fused-ring (bicyclic) bond motifs is 1. The zero-order valence-electron chi connectivity index (χ0n) is 10.5. The molecule has 0 saturated carbocycles. The predicted octanol–water partition coefficient (Wildman–Crippen LogP) is -0.683. The first-order valence-electron chi connectivity index (χ1n) is 6.38. The first-order valence-corrected chi connectivity index (χ1v) is 6.38. The Balaban J connectivity index is 1.97. The van der Waals surface area contributed by atoms with E-state index in [0.717, 1.165) is 6.42 Å². The lowest BCUT2D eigenvalue weighted by Gasteiger charge is -2.26. The zero-order chi connectivity index (χ0) is 13.1. The lowest BCUT2D eigenvalue weighted by molar-refractivity contribution is -0.313. The molecule has 0 aliphatic carbocycles. The van der Waals surface area contributed by atoms with Gasteiger partial charge in [0.1, 0.15) is 5.60 Å². The number of nitrogens with zero attached hydrogens (tertiary/aromatic N) is 1. The Kier molecular flexibility index (Phi) is 2.32. The average Bonchev–Trinajstić information content (AvgIpc) is 2.96. The van der Waals surface area contributed by atoms with Gasteiger partial charge in [-0.05, 0) is 13.3 Å². The number of likely N-dealkylation sites (tertiary alicyclic amines) is 1. The summed E-state index contributed by atoms with van der Waals surface area (Å²) in [6, 6.07) is 0.107. The standard InChI is InChI=1S/C13H17NO4/c1-3-7(2)14-6-13-5-4-8(18-13)9(12(16)17)10(13)11(14)15/h4-5,7-10H,3,6H2,1-2H3,(H,16,17)/p-1/t7-,8-,9+,10+,13-/m0/s1. The molecule has 0 aromatic rings. The molecular formula is C13H16NO4-. The number of hydrogen-bond donors (Lipinski definition) is 0. The number of hydrogen-bond acceptors (Lipinski definition) is 4. The van der Waals surface area contributed by atoms with E-state index in [1.54, 1.807) is 11.0 Å². The third kappa shape index (κ3) is 1.25. The highest BCUT2D eigenvalue weighted by molar-refractivity contribution is 5.90. The highest BCUT2D eigenvalue weighted by Gasteiger charge is 2.65. The van der Waals surface area contributed by atoms with E-state index >= 15 is 0 Å². The molecule has 2 saturated heterocycles. The van der Waals surface area contributed by atoms with Crippen molar-refractivity contribution in [2.24, 2.45) is 11.8 Å². The highest BCUT2D eigenvalue weighted by atomic mass is 16.5. The number of ether oxygens (including phenoxy) is 1. The molecule has 3 aliphatic heterocycles. The van der Waals surface area contributed by atoms with Crippen LogP contribution in [0.5, 0.6) is 0 Å². The van der Waals surface area contributed by atoms with E-state index in [1.807, 2.05) is 19.9 Å². The molecule has 2 fully saturated rings. The quantitative estimate of drug-likeness (QED) is 0.622. The van der Waals surface area contributed by atoms with Gasteiger partial charge in [-0.25, -0.2) is 0 Å². The molecule has 98 valence electrons. The largest absolute Gasteiger partial charge is 0.550 e. The second-order valence-electron chi connectivity index (χ2n) is 5.44. The SMILES string of the molecule is CC[C@H](C)N1C[C@]23C=C[C@H](O2)[C@@H](C(=O)[O-])[C@@H]3C1=O. The molecule has 0 aromatic carbocycles. The molecule has 1 amide bonds. The molecule has 5 atom stereocenters. The van der Waals surface area contributed by atoms with Crippen LogP contribution in [0.3, 0.4) is 0 Å². The van der Waals surface area contributed by atoms with Crippen LogP contribution in [-0.4, -0.2) is 41.1 Å². The van der Waals surface area contributed by atoms with Crippen LogP contribution >= 0.6 is 0 Å². The third-order valence-electron chi connectivity index (χ3n) is 4.52. The fraction of sp³-hybridized carbons (Fsp3) is 0.692. The highest BCUT2D eigenvalue weighted by Crippen LogP contribution is 2.52. The maximum Gasteiger partial charge on any atom is 0.230 e. The van der Waals surface area contributed by atoms with E-state index in [2.05, 4.69) is 0 Å². The van der Waals surface area contributed by atoms with Crippen molar-refractivity contribution < 1.29 is 19.4 Å². The van der Waals surface area contributed by atoms with Gasteiger partial charge in [0, 0.05) is 17.9 Å². The summed E-state index contributed by atoms with van der Waals surface area (Å²) >= 11 is 0. The van der Waals surface area contributed by atoms with Crippen molar-refractivity contribution >= 4 is 11.9 Å². The van der Waals surface area contributed by atoms with Gasteiger partial charge in [0.05, 0.1) is 18.6 Å². The van der Waals surface area contributed by atoms with E-state index in [4.69, 9.17) is 4.74 Å². The van der Waals surface area contributed by atoms with Crippen LogP contribution in [-0.2, 0) is 14.3 Å². The van der Waals surface area contributed by atoms with E-state index in [9.17, 15) is 14.7 Å². The second-order valence-corrected chi connectivity index (χ2v) is 5.44. The van der Waals surface area contributed by atoms with Crippen molar-refractivity contribution in [1.29, 1.82) is 0 Å². The minimum absolute atomic E-state index is 0.106. The Morgan fingerprint density at radius 2 is 2.44 bits per heavy atom. The number of carbonyl (C=O) groups excluding carboxylic acids is 2. The summed E-state index contributed by atoms with van der Waals surface area (Å²) in [4.78, 5) is 25.4. The van der Waals surface area contributed by atoms with Crippen molar-refractivity contribution in [3.05, 3.63) is 12.2 Å². The summed E-state index contributed by atoms with van der Waals surface area (Å²) in [5, 5.41) is 11.2. The van der Waals surface area contributed by atoms with E-state index in [0.29, 0.717) is 6.54 Å². The fourth-order valence-electron chi connectivity index (χ4n) is 3.39. The Morgan fingerprint density at radius 1 is 1.72 bits per heavy atom. The van der Waals surface area contributed by atoms with Gasteiger partial charge >= 0.3 is 0 Å². The van der Waals surface area contributed by atoms with Gasteiger partial charge in [0.2, 0.25) is 5.91 Å². The number of amides is 1. The van der Waals surface area contributed by atoms with Crippen molar-refractivity contribution in [3.63, 3.8) is 0 Å². The number of aliphatic carboxylic acids is 1. The van der Waals surface area contributed by atoms with Crippen molar-refractivity contribution in [1.82, 2.24) is 4.90 Å². The van der Waals surface area contributed by atoms with Crippen LogP contribution in [0.4, 0.5) is 0 Å². The molecule has 0 radical (unpaired) electrons. The first kappa shape index (κ1) is 11.7. The summed E-state index contributed by atoms with van der Waals surface area (Å²) in [7, 11) is 0. The third-order valence-corrected chi connectivity index (χ3v) is 4.52. The lowest BCUT2D eigenvalue weighted by Crippen LogP contribution is -2.45. The van der Waals surface area contributed by atoms with Crippen molar-refractivity contribution in [3.8, 4) is 0 Å². The molecule has 5 heteroatoms. The van der Waals surface area contributed by atoms with E-state index in [1.165, 1.54) is 0 Å². The van der Waals surface area contributed by atoms with Gasteiger partial charge in [0.25, 0.3) is 0 Å². The monoisotopic (exact) mass is 250 g/mol. The molecule has 1 spiro atoms. The van der Waals surface area contributed by atoms with Crippen LogP contribution in [0.2, 0.25) is 0 Å². The topological polar surface area (TPSA) is 69.7 Å². The van der Waals surface area contributed by atoms with Crippen LogP contribution < -0.4 is 5.11 Å². The average molecular weight is 250 g/mol. The molecule has 0 aromatic heterocycles. The van der Waals surface area contributed by atoms with Crippen LogP contribution in [0.1, 0.15) is 20.3 Å². The Labute approximate surface area is 105 Å². The van der Waals surface area contributed by atoms with Crippen LogP contribution in [0.15, 0.2) is 12.2 Å². The minimum atomic E-state index is -1.18. The number of carbonyl (C=O) groups is 2. The Hall–Kier alpha value is -1.36. The first-order chi connectivity index (χ1) is 8.50. The summed E-state index contributed by atoms with van der Waals surface area (Å²) in [6.45, 7) is 4.44. The van der Waals surface area contributed by atoms with Crippen molar-refractivity contribution in [2.45, 2.75) is 38.0 Å². The molecular weight excluding hydrogens is 234 g/mol. The summed E-state index contributed by atoms with van der Waals surface area (Å²) in [5.74, 6) is -2.73. The number of rotatable bonds is 3. The maximum atomic E-state index is 12.4. The molecule has 2 bridgehead atoms. The molecule has 0 unspecified atom stereocenters. The number of carboxylic acid groups (broad SMARTS) is 1. The minimum Gasteiger partial charge on any atom is -0.550 e. The summed E-state index contributed by atoms with van der Waals surface area (Å²) < 4.78 is 5.76. The molecule has 3 rings (SSSR count). The lowest BCUT2D eigenvalue weighted by atomic mass is 9.77. The van der Waals surface area contributed by atoms with Gasteiger partial charge < -0.3 is 19.5 Å².